The fourth-order valence-electron chi connectivity index (χ4n) is 1.41. The summed E-state index contributed by atoms with van der Waals surface area (Å²) in [7, 11) is 0. The maximum Gasteiger partial charge on any atom is 0.336 e. The molecule has 0 spiro atoms. The summed E-state index contributed by atoms with van der Waals surface area (Å²) in [5.74, 6) is -0.878. The number of benzene rings is 2. The molecule has 0 radical (unpaired) electrons. The fourth-order valence-corrected chi connectivity index (χ4v) is 1.41. The minimum absolute atomic E-state index is 0. The fraction of sp³-hybridized carbons (Fsp3) is 0. The molecule has 0 bridgehead atoms. The van der Waals surface area contributed by atoms with E-state index in [1.165, 1.54) is 0 Å². The topological polar surface area (TPSA) is 37.3 Å². The zero-order valence-corrected chi connectivity index (χ0v) is 8.99. The predicted molar refractivity (Wildman–Crippen MR) is 50.9 cm³/mol. The Morgan fingerprint density at radius 1 is 1.00 bits per heavy atom. The molecule has 0 amide bonds. The molecule has 1 N–H and O–H groups in total. The number of fused-ring (bicyclic) bond motifs is 1. The van der Waals surface area contributed by atoms with Gasteiger partial charge in [0.05, 0.1) is 5.56 Å². The number of hydrogen-bond donors (Lipinski definition) is 1. The van der Waals surface area contributed by atoms with Crippen LogP contribution < -0.4 is 0 Å². The van der Waals surface area contributed by atoms with Gasteiger partial charge in [-0.25, -0.2) is 4.79 Å². The van der Waals surface area contributed by atoms with E-state index in [4.69, 9.17) is 5.11 Å². The second-order valence-electron chi connectivity index (χ2n) is 2.83. The molecule has 0 aliphatic heterocycles. The summed E-state index contributed by atoms with van der Waals surface area (Å²) in [5, 5.41) is 10.6. The number of carboxylic acid groups (broad SMARTS) is 1. The van der Waals surface area contributed by atoms with Crippen LogP contribution in [0.5, 0.6) is 0 Å². The molecule has 2 aromatic rings. The Hall–Kier alpha value is -1.21. The van der Waals surface area contributed by atoms with E-state index in [2.05, 4.69) is 0 Å². The van der Waals surface area contributed by atoms with Crippen molar-refractivity contribution in [1.82, 2.24) is 0 Å². The summed E-state index contributed by atoms with van der Waals surface area (Å²) in [6.07, 6.45) is 0. The van der Waals surface area contributed by atoms with Crippen molar-refractivity contribution in [2.45, 2.75) is 0 Å². The minimum Gasteiger partial charge on any atom is -0.478 e. The van der Waals surface area contributed by atoms with Crippen molar-refractivity contribution in [1.29, 1.82) is 0 Å². The minimum atomic E-state index is -0.878. The van der Waals surface area contributed by atoms with Crippen molar-refractivity contribution in [3.63, 3.8) is 0 Å². The van der Waals surface area contributed by atoms with Crippen LogP contribution in [-0.4, -0.2) is 11.1 Å². The van der Waals surface area contributed by atoms with Gasteiger partial charge in [0.25, 0.3) is 0 Å². The standard InChI is InChI=1S/C11H8O2.Ru/c12-11(13)10-7-3-5-8-4-1-2-6-9(8)10;/h1-7H,(H,12,13);. The van der Waals surface area contributed by atoms with Crippen LogP contribution in [0.25, 0.3) is 10.8 Å². The summed E-state index contributed by atoms with van der Waals surface area (Å²) in [6, 6.07) is 12.7. The van der Waals surface area contributed by atoms with Crippen molar-refractivity contribution in [2.24, 2.45) is 0 Å². The van der Waals surface area contributed by atoms with Crippen LogP contribution in [0.15, 0.2) is 42.5 Å². The number of aromatic carboxylic acids is 1. The molecular weight excluding hydrogens is 265 g/mol. The molecule has 72 valence electrons. The first-order chi connectivity index (χ1) is 6.29. The second-order valence-corrected chi connectivity index (χ2v) is 2.83. The normalized spacial score (nSPS) is 9.43. The SMILES string of the molecule is O=C(O)c1cccc2ccccc12.[Ru]. The maximum absolute atomic E-state index is 10.8. The second kappa shape index (κ2) is 4.34. The third-order valence-corrected chi connectivity index (χ3v) is 2.02. The Morgan fingerprint density at radius 3 is 2.36 bits per heavy atom. The molecular formula is C11H8O2Ru. The summed E-state index contributed by atoms with van der Waals surface area (Å²) in [4.78, 5) is 10.8. The van der Waals surface area contributed by atoms with E-state index >= 15 is 0 Å². The smallest absolute Gasteiger partial charge is 0.336 e. The molecule has 0 atom stereocenters. The summed E-state index contributed by atoms with van der Waals surface area (Å²) in [6.45, 7) is 0. The van der Waals surface area contributed by atoms with Crippen LogP contribution in [0, 0.1) is 0 Å². The van der Waals surface area contributed by atoms with E-state index in [-0.39, 0.29) is 19.5 Å². The largest absolute Gasteiger partial charge is 0.478 e. The van der Waals surface area contributed by atoms with Crippen molar-refractivity contribution in [3.8, 4) is 0 Å². The molecule has 0 aliphatic rings. The Bertz CT molecular complexity index is 460. The van der Waals surface area contributed by atoms with Gasteiger partial charge in [-0.05, 0) is 16.8 Å². The van der Waals surface area contributed by atoms with Gasteiger partial charge < -0.3 is 5.11 Å². The first-order valence-electron chi connectivity index (χ1n) is 4.00. The Kier molecular flexibility index (Phi) is 3.37. The molecule has 2 aromatic carbocycles. The summed E-state index contributed by atoms with van der Waals surface area (Å²) >= 11 is 0. The first kappa shape index (κ1) is 10.9. The van der Waals surface area contributed by atoms with Crippen LogP contribution in [0.3, 0.4) is 0 Å². The van der Waals surface area contributed by atoms with E-state index in [9.17, 15) is 4.79 Å². The molecule has 0 unspecified atom stereocenters. The average molecular weight is 273 g/mol. The third-order valence-electron chi connectivity index (χ3n) is 2.02. The Balaban J connectivity index is 0.000000980. The molecule has 0 aliphatic carbocycles. The molecule has 2 rings (SSSR count). The van der Waals surface area contributed by atoms with Gasteiger partial charge in [0.15, 0.2) is 0 Å². The maximum atomic E-state index is 10.8. The Labute approximate surface area is 94.3 Å². The van der Waals surface area contributed by atoms with Crippen molar-refractivity contribution in [2.75, 3.05) is 0 Å². The monoisotopic (exact) mass is 274 g/mol. The first-order valence-corrected chi connectivity index (χ1v) is 4.00. The molecule has 0 saturated carbocycles. The molecule has 0 aromatic heterocycles. The summed E-state index contributed by atoms with van der Waals surface area (Å²) in [5.41, 5.74) is 0.359. The zero-order chi connectivity index (χ0) is 9.26. The molecule has 14 heavy (non-hydrogen) atoms. The van der Waals surface area contributed by atoms with Gasteiger partial charge in [0, 0.05) is 19.5 Å². The zero-order valence-electron chi connectivity index (χ0n) is 7.25. The van der Waals surface area contributed by atoms with E-state index in [0.29, 0.717) is 5.56 Å². The van der Waals surface area contributed by atoms with Crippen LogP contribution in [0.1, 0.15) is 10.4 Å². The number of rotatable bonds is 1. The van der Waals surface area contributed by atoms with Gasteiger partial charge in [0.1, 0.15) is 0 Å². The predicted octanol–water partition coefficient (Wildman–Crippen LogP) is 2.54. The number of carboxylic acids is 1. The van der Waals surface area contributed by atoms with Gasteiger partial charge >= 0.3 is 5.97 Å². The summed E-state index contributed by atoms with van der Waals surface area (Å²) < 4.78 is 0. The molecule has 0 heterocycles. The van der Waals surface area contributed by atoms with E-state index in [1.807, 2.05) is 30.3 Å². The van der Waals surface area contributed by atoms with Gasteiger partial charge in [-0.1, -0.05) is 36.4 Å². The van der Waals surface area contributed by atoms with Crippen molar-refractivity contribution >= 4 is 16.7 Å². The van der Waals surface area contributed by atoms with Crippen LogP contribution in [0.2, 0.25) is 0 Å². The average Bonchev–Trinajstić information content (AvgIpc) is 2.17. The van der Waals surface area contributed by atoms with Gasteiger partial charge in [-0.3, -0.25) is 0 Å². The Morgan fingerprint density at radius 2 is 1.64 bits per heavy atom. The molecule has 0 saturated heterocycles. The number of carbonyl (C=O) groups is 1. The number of hydrogen-bond acceptors (Lipinski definition) is 1. The van der Waals surface area contributed by atoms with Crippen molar-refractivity contribution < 1.29 is 29.4 Å². The van der Waals surface area contributed by atoms with Crippen LogP contribution in [-0.2, 0) is 19.5 Å². The van der Waals surface area contributed by atoms with E-state index < -0.39 is 5.97 Å². The van der Waals surface area contributed by atoms with Crippen molar-refractivity contribution in [3.05, 3.63) is 48.0 Å². The third kappa shape index (κ3) is 1.83. The molecule has 3 heteroatoms. The van der Waals surface area contributed by atoms with Gasteiger partial charge in [-0.2, -0.15) is 0 Å². The molecule has 0 fully saturated rings. The van der Waals surface area contributed by atoms with Gasteiger partial charge in [0.2, 0.25) is 0 Å². The van der Waals surface area contributed by atoms with Gasteiger partial charge in [-0.15, -0.1) is 0 Å². The van der Waals surface area contributed by atoms with E-state index in [1.54, 1.807) is 12.1 Å². The van der Waals surface area contributed by atoms with E-state index in [0.717, 1.165) is 10.8 Å². The molecule has 2 nitrogen and oxygen atoms in total. The quantitative estimate of drug-likeness (QED) is 0.811. The van der Waals surface area contributed by atoms with Crippen LogP contribution in [0.4, 0.5) is 0 Å². The van der Waals surface area contributed by atoms with Crippen LogP contribution >= 0.6 is 0 Å².